The van der Waals surface area contributed by atoms with Crippen LogP contribution in [0.4, 0.5) is 28.0 Å². The molecule has 3 atom stereocenters. The number of aliphatic hydroxyl groups is 1. The molecule has 2 aromatic heterocycles. The van der Waals surface area contributed by atoms with Crippen molar-refractivity contribution in [3.8, 4) is 17.3 Å². The number of rotatable bonds is 14. The van der Waals surface area contributed by atoms with Crippen LogP contribution in [0.3, 0.4) is 0 Å². The Kier molecular flexibility index (Phi) is 12.2. The van der Waals surface area contributed by atoms with Crippen molar-refractivity contribution in [2.75, 3.05) is 31.6 Å². The van der Waals surface area contributed by atoms with Gasteiger partial charge in [-0.15, -0.1) is 16.0 Å². The summed E-state index contributed by atoms with van der Waals surface area (Å²) >= 11 is 1.21. The Morgan fingerprint density at radius 3 is 2.49 bits per heavy atom. The van der Waals surface area contributed by atoms with E-state index in [1.165, 1.54) is 47.2 Å². The summed E-state index contributed by atoms with van der Waals surface area (Å²) in [5.74, 6) is -5.10. The summed E-state index contributed by atoms with van der Waals surface area (Å²) in [6.45, 7) is 1.92. The van der Waals surface area contributed by atoms with Gasteiger partial charge in [-0.3, -0.25) is 9.69 Å². The number of carbonyl (C=O) groups is 2. The van der Waals surface area contributed by atoms with Gasteiger partial charge >= 0.3 is 12.1 Å². The highest BCUT2D eigenvalue weighted by atomic mass is 32.1. The van der Waals surface area contributed by atoms with E-state index >= 15 is 4.39 Å². The van der Waals surface area contributed by atoms with Crippen molar-refractivity contribution in [2.24, 2.45) is 0 Å². The van der Waals surface area contributed by atoms with Crippen LogP contribution >= 0.6 is 11.3 Å². The number of nitrogens with one attached hydrogen (secondary N) is 1. The molecule has 0 aliphatic rings. The van der Waals surface area contributed by atoms with Gasteiger partial charge in [0.15, 0.2) is 0 Å². The summed E-state index contributed by atoms with van der Waals surface area (Å²) in [7, 11) is 1.54. The minimum absolute atomic E-state index is 0.101. The molecule has 0 spiro atoms. The van der Waals surface area contributed by atoms with Crippen LogP contribution < -0.4 is 14.8 Å². The highest BCUT2D eigenvalue weighted by molar-refractivity contribution is 7.10. The predicted octanol–water partition coefficient (Wildman–Crippen LogP) is 5.34. The minimum Gasteiger partial charge on any atom is -0.463 e. The average molecular weight is 753 g/mol. The van der Waals surface area contributed by atoms with Crippen molar-refractivity contribution in [3.05, 3.63) is 118 Å². The SMILES string of the molecule is CNCC(=O)OCCN(C(=O)OC(C)[n+]1cnn(CC(O)(c2cc(F)ccc2F)C(C)c2nc(-c3ccc(C#N)cc3)cs2)c1)c1ccc(F)cc1F. The van der Waals surface area contributed by atoms with E-state index in [1.807, 2.05) is 0 Å². The number of thiazole rings is 1. The zero-order chi connectivity index (χ0) is 38.3. The van der Waals surface area contributed by atoms with Crippen LogP contribution in [0.1, 0.15) is 42.1 Å². The van der Waals surface area contributed by atoms with Crippen molar-refractivity contribution in [2.45, 2.75) is 38.1 Å². The molecule has 1 amide bonds. The lowest BCUT2D eigenvalue weighted by molar-refractivity contribution is -0.753. The molecule has 5 rings (SSSR count). The van der Waals surface area contributed by atoms with E-state index in [2.05, 4.69) is 21.5 Å². The molecule has 3 unspecified atom stereocenters. The van der Waals surface area contributed by atoms with Crippen LogP contribution in [0.2, 0.25) is 0 Å². The predicted molar refractivity (Wildman–Crippen MR) is 183 cm³/mol. The van der Waals surface area contributed by atoms with Gasteiger partial charge in [-0.2, -0.15) is 9.83 Å². The number of hydrogen-bond acceptors (Lipinski definition) is 10. The van der Waals surface area contributed by atoms with Gasteiger partial charge in [0.2, 0.25) is 12.6 Å². The Hall–Kier alpha value is -5.70. The lowest BCUT2D eigenvalue weighted by atomic mass is 9.82. The second-order valence-electron chi connectivity index (χ2n) is 11.9. The molecule has 0 saturated heterocycles. The van der Waals surface area contributed by atoms with Crippen LogP contribution in [-0.4, -0.2) is 58.7 Å². The summed E-state index contributed by atoms with van der Waals surface area (Å²) in [4.78, 5) is 30.7. The summed E-state index contributed by atoms with van der Waals surface area (Å²) in [6.07, 6.45) is 0.458. The molecule has 0 aliphatic heterocycles. The quantitative estimate of drug-likeness (QED) is 0.0873. The third-order valence-corrected chi connectivity index (χ3v) is 9.35. The molecular formula is C36H34F4N7O5S+. The lowest BCUT2D eigenvalue weighted by Gasteiger charge is -2.32. The van der Waals surface area contributed by atoms with Crippen LogP contribution in [-0.2, 0) is 26.4 Å². The van der Waals surface area contributed by atoms with E-state index < -0.39 is 59.6 Å². The number of likely N-dealkylation sites (N-methyl/N-ethyl adjacent to an activating group) is 1. The molecular weight excluding hydrogens is 718 g/mol. The highest BCUT2D eigenvalue weighted by Gasteiger charge is 2.43. The number of esters is 1. The number of aromatic nitrogens is 4. The molecule has 0 radical (unpaired) electrons. The van der Waals surface area contributed by atoms with Gasteiger partial charge < -0.3 is 19.9 Å². The second kappa shape index (κ2) is 16.8. The molecule has 53 heavy (non-hydrogen) atoms. The van der Waals surface area contributed by atoms with Gasteiger partial charge in [-0.1, -0.05) is 19.1 Å². The topological polar surface area (TPSA) is 146 Å². The standard InChI is InChI=1S/C36H34F4N7O5S/c1-22(34-44-31(18-53-34)25-6-4-24(16-41)5-7-25)36(50,28-14-26(37)8-10-29(28)39)19-46-21-45(20-43-46)23(2)52-35(49)47(12-13-51-33(48)17-42-3)32-11-9-27(38)15-30(32)40/h4-11,14-15,18,20-23,42,50H,12-13,17,19H2,1-3H3/q+1. The van der Waals surface area contributed by atoms with Gasteiger partial charge in [0.05, 0.1) is 41.1 Å². The number of nitriles is 1. The van der Waals surface area contributed by atoms with E-state index in [9.17, 15) is 27.9 Å². The van der Waals surface area contributed by atoms with E-state index in [1.54, 1.807) is 36.6 Å². The van der Waals surface area contributed by atoms with E-state index in [0.717, 1.165) is 35.2 Å². The number of hydrogen-bond donors (Lipinski definition) is 2. The van der Waals surface area contributed by atoms with E-state index in [0.29, 0.717) is 27.9 Å². The van der Waals surface area contributed by atoms with Crippen LogP contribution in [0.5, 0.6) is 0 Å². The van der Waals surface area contributed by atoms with Crippen molar-refractivity contribution in [1.82, 2.24) is 20.1 Å². The number of nitrogens with zero attached hydrogens (tertiary/aromatic N) is 6. The zero-order valence-electron chi connectivity index (χ0n) is 28.7. The fraction of sp³-hybridized carbons (Fsp3) is 0.278. The Labute approximate surface area is 305 Å². The van der Waals surface area contributed by atoms with Crippen LogP contribution in [0.25, 0.3) is 11.3 Å². The summed E-state index contributed by atoms with van der Waals surface area (Å²) in [5.41, 5.74) is -1.04. The number of halogens is 4. The van der Waals surface area contributed by atoms with Crippen LogP contribution in [0, 0.1) is 34.6 Å². The smallest absolute Gasteiger partial charge is 0.417 e. The number of carbonyl (C=O) groups excluding carboxylic acids is 2. The monoisotopic (exact) mass is 752 g/mol. The molecule has 0 aliphatic carbocycles. The molecule has 12 nitrogen and oxygen atoms in total. The third kappa shape index (κ3) is 9.03. The van der Waals surface area contributed by atoms with Gasteiger partial charge in [0.1, 0.15) is 42.0 Å². The molecule has 17 heteroatoms. The molecule has 0 fully saturated rings. The Morgan fingerprint density at radius 1 is 1.08 bits per heavy atom. The van der Waals surface area contributed by atoms with Gasteiger partial charge in [0, 0.05) is 40.5 Å². The number of anilines is 1. The summed E-state index contributed by atoms with van der Waals surface area (Å²) in [5, 5.41) is 30.4. The molecule has 276 valence electrons. The van der Waals surface area contributed by atoms with Crippen molar-refractivity contribution in [3.63, 3.8) is 0 Å². The van der Waals surface area contributed by atoms with Crippen molar-refractivity contribution >= 4 is 29.1 Å². The molecule has 0 saturated carbocycles. The number of amides is 1. The normalized spacial score (nSPS) is 13.4. The average Bonchev–Trinajstić information content (AvgIpc) is 3.82. The number of benzene rings is 3. The second-order valence-corrected chi connectivity index (χ2v) is 12.8. The first kappa shape index (κ1) is 38.5. The summed E-state index contributed by atoms with van der Waals surface area (Å²) < 4.78 is 71.5. The first-order chi connectivity index (χ1) is 25.3. The Morgan fingerprint density at radius 2 is 1.79 bits per heavy atom. The Balaban J connectivity index is 1.38. The Bertz CT molecular complexity index is 2120. The van der Waals surface area contributed by atoms with Crippen molar-refractivity contribution < 1.29 is 46.3 Å². The highest BCUT2D eigenvalue weighted by Crippen LogP contribution is 2.41. The first-order valence-electron chi connectivity index (χ1n) is 16.1. The first-order valence-corrected chi connectivity index (χ1v) is 17.0. The molecule has 2 N–H and O–H groups in total. The maximum atomic E-state index is 15.4. The van der Waals surface area contributed by atoms with Gasteiger partial charge in [-0.25, -0.2) is 27.3 Å². The maximum Gasteiger partial charge on any atom is 0.417 e. The van der Waals surface area contributed by atoms with Gasteiger partial charge in [-0.05, 0) is 49.5 Å². The number of ether oxygens (including phenoxy) is 2. The summed E-state index contributed by atoms with van der Waals surface area (Å²) in [6, 6.07) is 14.1. The lowest BCUT2D eigenvalue weighted by Crippen LogP contribution is -2.44. The van der Waals surface area contributed by atoms with E-state index in [4.69, 9.17) is 14.7 Å². The maximum absolute atomic E-state index is 15.4. The third-order valence-electron chi connectivity index (χ3n) is 8.33. The van der Waals surface area contributed by atoms with E-state index in [-0.39, 0.29) is 30.9 Å². The molecule has 0 bridgehead atoms. The molecule has 2 heterocycles. The fourth-order valence-electron chi connectivity index (χ4n) is 5.41. The van der Waals surface area contributed by atoms with Crippen LogP contribution in [0.15, 0.2) is 78.7 Å². The minimum atomic E-state index is -2.11. The zero-order valence-corrected chi connectivity index (χ0v) is 29.5. The van der Waals surface area contributed by atoms with Gasteiger partial charge in [0.25, 0.3) is 6.33 Å². The van der Waals surface area contributed by atoms with Crippen molar-refractivity contribution in [1.29, 1.82) is 5.26 Å². The fourth-order valence-corrected chi connectivity index (χ4v) is 6.38. The largest absolute Gasteiger partial charge is 0.463 e. The molecule has 5 aromatic rings. The molecule has 3 aromatic carbocycles.